The van der Waals surface area contributed by atoms with Crippen LogP contribution in [-0.4, -0.2) is 23.6 Å². The zero-order valence-corrected chi connectivity index (χ0v) is 10.9. The van der Waals surface area contributed by atoms with Gasteiger partial charge in [-0.1, -0.05) is 13.3 Å². The summed E-state index contributed by atoms with van der Waals surface area (Å²) in [6.45, 7) is 2.75. The molecule has 2 rings (SSSR count). The molecule has 1 aliphatic carbocycles. The normalized spacial score (nSPS) is 17.7. The first kappa shape index (κ1) is 13.9. The molecule has 7 heteroatoms. The van der Waals surface area contributed by atoms with E-state index in [1.54, 1.807) is 0 Å². The van der Waals surface area contributed by atoms with Gasteiger partial charge in [0.2, 0.25) is 5.82 Å². The lowest BCUT2D eigenvalue weighted by Gasteiger charge is -2.38. The van der Waals surface area contributed by atoms with Crippen LogP contribution in [0.3, 0.4) is 0 Å². The number of nitrogens with zero attached hydrogens (tertiary/aromatic N) is 2. The molecule has 1 fully saturated rings. The van der Waals surface area contributed by atoms with Crippen molar-refractivity contribution in [3.8, 4) is 0 Å². The van der Waals surface area contributed by atoms with Crippen LogP contribution in [0.1, 0.15) is 32.0 Å². The van der Waals surface area contributed by atoms with Crippen molar-refractivity contribution in [2.24, 2.45) is 5.41 Å². The minimum Gasteiger partial charge on any atom is -0.373 e. The highest BCUT2D eigenvalue weighted by atomic mass is 19.4. The van der Waals surface area contributed by atoms with Crippen LogP contribution in [0.4, 0.5) is 24.8 Å². The first-order valence-electron chi connectivity index (χ1n) is 6.20. The number of nitrogens with one attached hydrogen (secondary N) is 2. The Morgan fingerprint density at radius 2 is 1.89 bits per heavy atom. The molecule has 1 aromatic rings. The van der Waals surface area contributed by atoms with Crippen LogP contribution in [0, 0.1) is 5.41 Å². The molecule has 1 saturated carbocycles. The third kappa shape index (κ3) is 3.27. The van der Waals surface area contributed by atoms with Gasteiger partial charge in [0.1, 0.15) is 11.6 Å². The van der Waals surface area contributed by atoms with E-state index >= 15 is 0 Å². The Kier molecular flexibility index (Phi) is 3.56. The zero-order valence-electron chi connectivity index (χ0n) is 10.9. The molecule has 1 aromatic heterocycles. The standard InChI is InChI=1S/C12H17F3N4/c1-11(4-3-5-11)7-17-9-6-8(16-2)18-10(19-9)12(13,14)15/h6H,3-5,7H2,1-2H3,(H2,16,17,18,19). The number of hydrogen-bond donors (Lipinski definition) is 2. The second kappa shape index (κ2) is 4.86. The number of rotatable bonds is 4. The van der Waals surface area contributed by atoms with Gasteiger partial charge < -0.3 is 10.6 Å². The van der Waals surface area contributed by atoms with E-state index < -0.39 is 12.0 Å². The molecule has 0 amide bonds. The summed E-state index contributed by atoms with van der Waals surface area (Å²) in [6, 6.07) is 1.48. The van der Waals surface area contributed by atoms with Crippen LogP contribution < -0.4 is 10.6 Å². The highest BCUT2D eigenvalue weighted by Gasteiger charge is 2.36. The monoisotopic (exact) mass is 274 g/mol. The molecule has 0 unspecified atom stereocenters. The van der Waals surface area contributed by atoms with E-state index in [-0.39, 0.29) is 17.1 Å². The smallest absolute Gasteiger partial charge is 0.373 e. The van der Waals surface area contributed by atoms with Gasteiger partial charge in [-0.15, -0.1) is 0 Å². The maximum atomic E-state index is 12.7. The molecular formula is C12H17F3N4. The lowest BCUT2D eigenvalue weighted by Crippen LogP contribution is -2.33. The van der Waals surface area contributed by atoms with E-state index in [1.807, 2.05) is 0 Å². The van der Waals surface area contributed by atoms with Crippen LogP contribution in [0.15, 0.2) is 6.07 Å². The molecule has 0 atom stereocenters. The van der Waals surface area contributed by atoms with Gasteiger partial charge in [0.15, 0.2) is 0 Å². The summed E-state index contributed by atoms with van der Waals surface area (Å²) in [5.74, 6) is -0.760. The molecule has 0 spiro atoms. The Labute approximate surface area is 109 Å². The third-order valence-electron chi connectivity index (χ3n) is 3.49. The fourth-order valence-electron chi connectivity index (χ4n) is 2.05. The molecule has 1 heterocycles. The highest BCUT2D eigenvalue weighted by molar-refractivity contribution is 5.47. The van der Waals surface area contributed by atoms with Crippen molar-refractivity contribution in [2.75, 3.05) is 24.2 Å². The van der Waals surface area contributed by atoms with Gasteiger partial charge in [-0.25, -0.2) is 9.97 Å². The number of aromatic nitrogens is 2. The van der Waals surface area contributed by atoms with Gasteiger partial charge >= 0.3 is 6.18 Å². The lowest BCUT2D eigenvalue weighted by molar-refractivity contribution is -0.144. The van der Waals surface area contributed by atoms with Gasteiger partial charge in [-0.05, 0) is 18.3 Å². The number of halogens is 3. The van der Waals surface area contributed by atoms with Crippen molar-refractivity contribution in [3.63, 3.8) is 0 Å². The van der Waals surface area contributed by atoms with Crippen molar-refractivity contribution >= 4 is 11.6 Å². The zero-order chi connectivity index (χ0) is 14.1. The molecule has 19 heavy (non-hydrogen) atoms. The molecule has 1 aliphatic rings. The van der Waals surface area contributed by atoms with Crippen molar-refractivity contribution in [2.45, 2.75) is 32.4 Å². The van der Waals surface area contributed by atoms with E-state index in [0.29, 0.717) is 6.54 Å². The molecule has 0 radical (unpaired) electrons. The Morgan fingerprint density at radius 3 is 2.37 bits per heavy atom. The maximum absolute atomic E-state index is 12.7. The summed E-state index contributed by atoms with van der Waals surface area (Å²) in [5.41, 5.74) is 0.170. The highest BCUT2D eigenvalue weighted by Crippen LogP contribution is 2.40. The number of alkyl halides is 3. The van der Waals surface area contributed by atoms with Crippen LogP contribution in [0.5, 0.6) is 0 Å². The Balaban J connectivity index is 2.15. The quantitative estimate of drug-likeness (QED) is 0.885. The average Bonchev–Trinajstić information content (AvgIpc) is 2.32. The summed E-state index contributed by atoms with van der Waals surface area (Å²) in [5, 5.41) is 5.60. The topological polar surface area (TPSA) is 49.8 Å². The minimum atomic E-state index is -4.54. The minimum absolute atomic E-state index is 0.156. The summed E-state index contributed by atoms with van der Waals surface area (Å²) in [6.07, 6.45) is -1.17. The molecule has 0 bridgehead atoms. The first-order chi connectivity index (χ1) is 8.82. The molecule has 4 nitrogen and oxygen atoms in total. The number of anilines is 2. The molecule has 0 aliphatic heterocycles. The summed E-state index contributed by atoms with van der Waals surface area (Å²) in [7, 11) is 1.53. The van der Waals surface area contributed by atoms with Gasteiger partial charge in [-0.3, -0.25) is 0 Å². The first-order valence-corrected chi connectivity index (χ1v) is 6.20. The van der Waals surface area contributed by atoms with Crippen molar-refractivity contribution in [1.29, 1.82) is 0 Å². The SMILES string of the molecule is CNc1cc(NCC2(C)CCC2)nc(C(F)(F)F)n1. The molecule has 2 N–H and O–H groups in total. The molecular weight excluding hydrogens is 257 g/mol. The maximum Gasteiger partial charge on any atom is 0.451 e. The fraction of sp³-hybridized carbons (Fsp3) is 0.667. The van der Waals surface area contributed by atoms with E-state index in [2.05, 4.69) is 27.5 Å². The summed E-state index contributed by atoms with van der Waals surface area (Å²) < 4.78 is 38.0. The van der Waals surface area contributed by atoms with Gasteiger partial charge in [0.05, 0.1) is 0 Å². The Bertz CT molecular complexity index is 455. The summed E-state index contributed by atoms with van der Waals surface area (Å²) >= 11 is 0. The second-order valence-electron chi connectivity index (χ2n) is 5.23. The van der Waals surface area contributed by atoms with Crippen LogP contribution in [0.2, 0.25) is 0 Å². The molecule has 0 saturated heterocycles. The molecule has 106 valence electrons. The Hall–Kier alpha value is -1.53. The van der Waals surface area contributed by atoms with Crippen molar-refractivity contribution in [3.05, 3.63) is 11.9 Å². The van der Waals surface area contributed by atoms with Crippen LogP contribution in [0.25, 0.3) is 0 Å². The van der Waals surface area contributed by atoms with Gasteiger partial charge in [-0.2, -0.15) is 13.2 Å². The van der Waals surface area contributed by atoms with E-state index in [9.17, 15) is 13.2 Å². The van der Waals surface area contributed by atoms with Crippen molar-refractivity contribution in [1.82, 2.24) is 9.97 Å². The Morgan fingerprint density at radius 1 is 1.26 bits per heavy atom. The largest absolute Gasteiger partial charge is 0.451 e. The van der Waals surface area contributed by atoms with Crippen LogP contribution >= 0.6 is 0 Å². The van der Waals surface area contributed by atoms with Gasteiger partial charge in [0.25, 0.3) is 0 Å². The van der Waals surface area contributed by atoms with Crippen molar-refractivity contribution < 1.29 is 13.2 Å². The number of hydrogen-bond acceptors (Lipinski definition) is 4. The predicted molar refractivity (Wildman–Crippen MR) is 67.0 cm³/mol. The van der Waals surface area contributed by atoms with Crippen LogP contribution in [-0.2, 0) is 6.18 Å². The third-order valence-corrected chi connectivity index (χ3v) is 3.49. The second-order valence-corrected chi connectivity index (χ2v) is 5.23. The fourth-order valence-corrected chi connectivity index (χ4v) is 2.05. The van der Waals surface area contributed by atoms with Gasteiger partial charge in [0, 0.05) is 19.7 Å². The van der Waals surface area contributed by atoms with E-state index in [0.717, 1.165) is 12.8 Å². The lowest BCUT2D eigenvalue weighted by atomic mass is 9.70. The molecule has 0 aromatic carbocycles. The summed E-state index contributed by atoms with van der Waals surface area (Å²) in [4.78, 5) is 6.94. The predicted octanol–water partition coefficient (Wildman–Crippen LogP) is 3.14. The average molecular weight is 274 g/mol. The van der Waals surface area contributed by atoms with E-state index in [1.165, 1.54) is 19.5 Å². The van der Waals surface area contributed by atoms with E-state index in [4.69, 9.17) is 0 Å².